The molecular formula is C23H21N3O5. The Morgan fingerprint density at radius 1 is 1.03 bits per heavy atom. The fourth-order valence-electron chi connectivity index (χ4n) is 2.75. The second-order valence-corrected chi connectivity index (χ2v) is 6.64. The van der Waals surface area contributed by atoms with E-state index in [9.17, 15) is 19.7 Å². The van der Waals surface area contributed by atoms with E-state index in [1.807, 2.05) is 6.92 Å². The van der Waals surface area contributed by atoms with E-state index in [4.69, 9.17) is 4.42 Å². The summed E-state index contributed by atoms with van der Waals surface area (Å²) in [5.74, 6) is -0.0210. The van der Waals surface area contributed by atoms with Gasteiger partial charge in [-0.05, 0) is 42.8 Å². The molecule has 0 unspecified atom stereocenters. The molecule has 0 radical (unpaired) electrons. The molecule has 1 heterocycles. The van der Waals surface area contributed by atoms with Crippen LogP contribution in [0.15, 0.2) is 76.8 Å². The van der Waals surface area contributed by atoms with Gasteiger partial charge in [-0.25, -0.2) is 0 Å². The third kappa shape index (κ3) is 5.66. The van der Waals surface area contributed by atoms with Crippen LogP contribution < -0.4 is 10.6 Å². The third-order valence-corrected chi connectivity index (χ3v) is 4.34. The van der Waals surface area contributed by atoms with Gasteiger partial charge < -0.3 is 15.1 Å². The molecule has 3 aromatic rings. The maximum Gasteiger partial charge on any atom is 0.269 e. The Hall–Kier alpha value is -4.20. The molecule has 0 aliphatic heterocycles. The zero-order valence-corrected chi connectivity index (χ0v) is 16.8. The van der Waals surface area contributed by atoms with Gasteiger partial charge in [-0.3, -0.25) is 19.7 Å². The first kappa shape index (κ1) is 21.5. The maximum atomic E-state index is 12.6. The summed E-state index contributed by atoms with van der Waals surface area (Å²) in [5, 5.41) is 16.2. The molecule has 0 fully saturated rings. The lowest BCUT2D eigenvalue weighted by Crippen LogP contribution is -2.35. The van der Waals surface area contributed by atoms with Crippen LogP contribution in [0.5, 0.6) is 0 Å². The van der Waals surface area contributed by atoms with Gasteiger partial charge in [0.05, 0.1) is 4.92 Å². The van der Waals surface area contributed by atoms with Crippen molar-refractivity contribution in [3.05, 3.63) is 93.9 Å². The van der Waals surface area contributed by atoms with Crippen molar-refractivity contribution in [1.29, 1.82) is 0 Å². The van der Waals surface area contributed by atoms with Crippen molar-refractivity contribution in [2.24, 2.45) is 0 Å². The number of carbonyl (C=O) groups excluding carboxylic acids is 2. The molecule has 0 aliphatic rings. The van der Waals surface area contributed by atoms with Crippen LogP contribution in [0.2, 0.25) is 0 Å². The first-order valence-corrected chi connectivity index (χ1v) is 9.69. The van der Waals surface area contributed by atoms with Gasteiger partial charge in [0.2, 0.25) is 0 Å². The zero-order chi connectivity index (χ0) is 22.2. The molecule has 8 heteroatoms. The molecular weight excluding hydrogens is 398 g/mol. The Kier molecular flexibility index (Phi) is 6.95. The highest BCUT2D eigenvalue weighted by Crippen LogP contribution is 2.25. The Bertz CT molecular complexity index is 1100. The van der Waals surface area contributed by atoms with Crippen LogP contribution >= 0.6 is 0 Å². The third-order valence-electron chi connectivity index (χ3n) is 4.34. The number of nitro groups is 1. The van der Waals surface area contributed by atoms with Crippen molar-refractivity contribution in [3.63, 3.8) is 0 Å². The number of carbonyl (C=O) groups is 2. The van der Waals surface area contributed by atoms with Gasteiger partial charge in [-0.1, -0.05) is 25.1 Å². The van der Waals surface area contributed by atoms with Crippen LogP contribution in [-0.4, -0.2) is 23.3 Å². The number of nitrogens with one attached hydrogen (secondary N) is 2. The average Bonchev–Trinajstić information content (AvgIpc) is 3.26. The molecule has 2 aromatic carbocycles. The lowest BCUT2D eigenvalue weighted by Gasteiger charge is -2.10. The van der Waals surface area contributed by atoms with E-state index in [1.54, 1.807) is 54.6 Å². The second-order valence-electron chi connectivity index (χ2n) is 6.64. The number of hydrogen-bond acceptors (Lipinski definition) is 5. The standard InChI is InChI=1S/C23H21N3O5/c1-2-14-24-23(28)20(25-22(27)17-6-4-3-5-7-17)15-19-12-13-21(31-19)16-8-10-18(11-9-16)26(29)30/h3-13,15H,2,14H2,1H3,(H,24,28)(H,25,27)/b20-15-. The summed E-state index contributed by atoms with van der Waals surface area (Å²) in [5.41, 5.74) is 1.10. The summed E-state index contributed by atoms with van der Waals surface area (Å²) in [6, 6.07) is 17.8. The van der Waals surface area contributed by atoms with Crippen molar-refractivity contribution >= 4 is 23.6 Å². The van der Waals surface area contributed by atoms with Crippen molar-refractivity contribution in [1.82, 2.24) is 10.6 Å². The molecule has 0 bridgehead atoms. The fraction of sp³-hybridized carbons (Fsp3) is 0.130. The molecule has 3 rings (SSSR count). The quantitative estimate of drug-likeness (QED) is 0.323. The highest BCUT2D eigenvalue weighted by Gasteiger charge is 2.15. The number of benzene rings is 2. The summed E-state index contributed by atoms with van der Waals surface area (Å²) < 4.78 is 5.76. The van der Waals surface area contributed by atoms with Gasteiger partial charge in [0.15, 0.2) is 0 Å². The molecule has 0 spiro atoms. The molecule has 0 aliphatic carbocycles. The molecule has 31 heavy (non-hydrogen) atoms. The molecule has 1 aromatic heterocycles. The van der Waals surface area contributed by atoms with Crippen LogP contribution in [0, 0.1) is 10.1 Å². The summed E-state index contributed by atoms with van der Waals surface area (Å²) in [6.07, 6.45) is 2.19. The minimum atomic E-state index is -0.476. The van der Waals surface area contributed by atoms with Crippen LogP contribution in [0.1, 0.15) is 29.5 Å². The SMILES string of the molecule is CCCNC(=O)/C(=C/c1ccc(-c2ccc([N+](=O)[O-])cc2)o1)NC(=O)c1ccccc1. The summed E-state index contributed by atoms with van der Waals surface area (Å²) >= 11 is 0. The average molecular weight is 419 g/mol. The largest absolute Gasteiger partial charge is 0.457 e. The number of hydrogen-bond donors (Lipinski definition) is 2. The molecule has 8 nitrogen and oxygen atoms in total. The van der Waals surface area contributed by atoms with Crippen LogP contribution in [0.25, 0.3) is 17.4 Å². The Morgan fingerprint density at radius 2 is 1.74 bits per heavy atom. The zero-order valence-electron chi connectivity index (χ0n) is 16.8. The fourth-order valence-corrected chi connectivity index (χ4v) is 2.75. The first-order chi connectivity index (χ1) is 15.0. The number of nitro benzene ring substituents is 1. The van der Waals surface area contributed by atoms with Crippen LogP contribution in [0.4, 0.5) is 5.69 Å². The van der Waals surface area contributed by atoms with Gasteiger partial charge in [0.1, 0.15) is 17.2 Å². The minimum Gasteiger partial charge on any atom is -0.457 e. The van der Waals surface area contributed by atoms with E-state index in [2.05, 4.69) is 10.6 Å². The number of non-ortho nitro benzene ring substituents is 1. The first-order valence-electron chi connectivity index (χ1n) is 9.69. The van der Waals surface area contributed by atoms with Gasteiger partial charge in [0, 0.05) is 35.9 Å². The number of nitrogens with zero attached hydrogens (tertiary/aromatic N) is 1. The van der Waals surface area contributed by atoms with E-state index in [1.165, 1.54) is 18.2 Å². The van der Waals surface area contributed by atoms with E-state index in [0.29, 0.717) is 29.2 Å². The van der Waals surface area contributed by atoms with Crippen molar-refractivity contribution in [3.8, 4) is 11.3 Å². The number of rotatable bonds is 8. The molecule has 0 saturated heterocycles. The van der Waals surface area contributed by atoms with Crippen molar-refractivity contribution in [2.75, 3.05) is 6.54 Å². The topological polar surface area (TPSA) is 114 Å². The van der Waals surface area contributed by atoms with E-state index in [-0.39, 0.29) is 11.4 Å². The normalized spacial score (nSPS) is 11.1. The predicted molar refractivity (Wildman–Crippen MR) is 116 cm³/mol. The molecule has 158 valence electrons. The Morgan fingerprint density at radius 3 is 2.39 bits per heavy atom. The van der Waals surface area contributed by atoms with Gasteiger partial charge >= 0.3 is 0 Å². The lowest BCUT2D eigenvalue weighted by atomic mass is 10.1. The maximum absolute atomic E-state index is 12.6. The number of amides is 2. The van der Waals surface area contributed by atoms with Gasteiger partial charge in [0.25, 0.3) is 17.5 Å². The van der Waals surface area contributed by atoms with Gasteiger partial charge in [-0.15, -0.1) is 0 Å². The van der Waals surface area contributed by atoms with Crippen molar-refractivity contribution in [2.45, 2.75) is 13.3 Å². The minimum absolute atomic E-state index is 0.0195. The summed E-state index contributed by atoms with van der Waals surface area (Å²) in [7, 11) is 0. The van der Waals surface area contributed by atoms with E-state index >= 15 is 0 Å². The highest BCUT2D eigenvalue weighted by molar-refractivity contribution is 6.05. The molecule has 2 N–H and O–H groups in total. The smallest absolute Gasteiger partial charge is 0.269 e. The Balaban J connectivity index is 1.84. The summed E-state index contributed by atoms with van der Waals surface area (Å²) in [4.78, 5) is 35.4. The van der Waals surface area contributed by atoms with E-state index in [0.717, 1.165) is 6.42 Å². The molecule has 0 atom stereocenters. The van der Waals surface area contributed by atoms with Gasteiger partial charge in [-0.2, -0.15) is 0 Å². The predicted octanol–water partition coefficient (Wildman–Crippen LogP) is 4.15. The molecule has 2 amide bonds. The lowest BCUT2D eigenvalue weighted by molar-refractivity contribution is -0.384. The van der Waals surface area contributed by atoms with Crippen molar-refractivity contribution < 1.29 is 18.9 Å². The highest BCUT2D eigenvalue weighted by atomic mass is 16.6. The van der Waals surface area contributed by atoms with Crippen LogP contribution in [0.3, 0.4) is 0 Å². The number of furan rings is 1. The van der Waals surface area contributed by atoms with E-state index < -0.39 is 16.7 Å². The second kappa shape index (κ2) is 10.0. The monoisotopic (exact) mass is 419 g/mol. The molecule has 0 saturated carbocycles. The Labute approximate surface area is 178 Å². The summed E-state index contributed by atoms with van der Waals surface area (Å²) in [6.45, 7) is 2.39. The van der Waals surface area contributed by atoms with Crippen LogP contribution in [-0.2, 0) is 4.79 Å².